The van der Waals surface area contributed by atoms with Gasteiger partial charge in [0.25, 0.3) is 5.69 Å². The van der Waals surface area contributed by atoms with E-state index in [-0.39, 0.29) is 28.5 Å². The lowest BCUT2D eigenvalue weighted by atomic mass is 9.80. The van der Waals surface area contributed by atoms with Gasteiger partial charge in [0.15, 0.2) is 0 Å². The summed E-state index contributed by atoms with van der Waals surface area (Å²) < 4.78 is 5.43. The molecular weight excluding hydrogens is 422 g/mol. The van der Waals surface area contributed by atoms with Gasteiger partial charge in [-0.25, -0.2) is 4.79 Å². The van der Waals surface area contributed by atoms with Crippen molar-refractivity contribution < 1.29 is 19.2 Å². The number of non-ortho nitro benzene ring substituents is 1. The van der Waals surface area contributed by atoms with Gasteiger partial charge in [0.05, 0.1) is 4.92 Å². The summed E-state index contributed by atoms with van der Waals surface area (Å²) in [6.45, 7) is 7.74. The molecule has 2 amide bonds. The molecule has 0 spiro atoms. The van der Waals surface area contributed by atoms with Crippen LogP contribution < -0.4 is 0 Å². The van der Waals surface area contributed by atoms with Crippen molar-refractivity contribution in [1.82, 2.24) is 9.80 Å². The molecule has 3 rings (SSSR count). The lowest BCUT2D eigenvalue weighted by molar-refractivity contribution is -0.384. The smallest absolute Gasteiger partial charge is 0.410 e. The Balaban J connectivity index is 1.42. The molecule has 0 atom stereocenters. The highest BCUT2D eigenvalue weighted by atomic mass is 16.6. The molecule has 2 aliphatic rings. The number of benzene rings is 1. The fraction of sp³-hybridized carbons (Fsp3) is 0.680. The molecule has 1 aromatic carbocycles. The zero-order chi connectivity index (χ0) is 24.2. The van der Waals surface area contributed by atoms with Gasteiger partial charge >= 0.3 is 6.09 Å². The number of likely N-dealkylation sites (tertiary alicyclic amines) is 1. The van der Waals surface area contributed by atoms with E-state index in [1.165, 1.54) is 0 Å². The first-order valence-electron chi connectivity index (χ1n) is 12.0. The third-order valence-corrected chi connectivity index (χ3v) is 6.82. The third-order valence-electron chi connectivity index (χ3n) is 6.82. The molecule has 8 heteroatoms. The Kier molecular flexibility index (Phi) is 7.97. The van der Waals surface area contributed by atoms with E-state index in [1.807, 2.05) is 37.8 Å². The van der Waals surface area contributed by atoms with Gasteiger partial charge in [0.2, 0.25) is 5.91 Å². The van der Waals surface area contributed by atoms with E-state index < -0.39 is 5.60 Å². The minimum Gasteiger partial charge on any atom is -0.444 e. The third kappa shape index (κ3) is 6.92. The average molecular weight is 460 g/mol. The molecule has 2 fully saturated rings. The molecule has 0 bridgehead atoms. The monoisotopic (exact) mass is 459 g/mol. The summed E-state index contributed by atoms with van der Waals surface area (Å²) in [6.07, 6.45) is 5.11. The molecule has 1 saturated heterocycles. The Morgan fingerprint density at radius 3 is 2.15 bits per heavy atom. The number of nitro benzene ring substituents is 1. The topological polar surface area (TPSA) is 93.0 Å². The highest BCUT2D eigenvalue weighted by molar-refractivity contribution is 5.79. The molecular formula is C25H37N3O5. The number of hydrogen-bond acceptors (Lipinski definition) is 5. The van der Waals surface area contributed by atoms with E-state index in [0.29, 0.717) is 18.4 Å². The lowest BCUT2D eigenvalue weighted by Gasteiger charge is -2.37. The van der Waals surface area contributed by atoms with Gasteiger partial charge in [0.1, 0.15) is 5.60 Å². The molecule has 33 heavy (non-hydrogen) atoms. The summed E-state index contributed by atoms with van der Waals surface area (Å²) in [5.41, 5.74) is 0.725. The van der Waals surface area contributed by atoms with Gasteiger partial charge in [-0.2, -0.15) is 0 Å². The first kappa shape index (κ1) is 25.0. The Morgan fingerprint density at radius 2 is 1.64 bits per heavy atom. The highest BCUT2D eigenvalue weighted by Gasteiger charge is 2.33. The lowest BCUT2D eigenvalue weighted by Crippen LogP contribution is -2.43. The van der Waals surface area contributed by atoms with Crippen LogP contribution in [0.4, 0.5) is 10.5 Å². The first-order valence-corrected chi connectivity index (χ1v) is 12.0. The number of carbonyl (C=O) groups is 2. The summed E-state index contributed by atoms with van der Waals surface area (Å²) in [5.74, 6) is 1.08. The van der Waals surface area contributed by atoms with Gasteiger partial charge in [-0.1, -0.05) is 12.1 Å². The van der Waals surface area contributed by atoms with Gasteiger partial charge < -0.3 is 14.5 Å². The number of piperidine rings is 1. The maximum Gasteiger partial charge on any atom is 0.410 e. The number of carbonyl (C=O) groups excluding carboxylic acids is 2. The summed E-state index contributed by atoms with van der Waals surface area (Å²) in [6, 6.07) is 6.81. The fourth-order valence-electron chi connectivity index (χ4n) is 4.95. The van der Waals surface area contributed by atoms with E-state index >= 15 is 0 Å². The molecule has 1 aliphatic heterocycles. The van der Waals surface area contributed by atoms with Crippen molar-refractivity contribution >= 4 is 17.7 Å². The standard InChI is InChI=1S/C25H37N3O5/c1-25(2,3)33-24(30)26(4)17-18-5-7-21(8-6-18)23(29)27-15-13-20(14-16-27)19-9-11-22(12-10-19)28(31)32/h9-12,18,20-21H,5-8,13-17H2,1-4H3/t18-,21-. The molecule has 182 valence electrons. The number of nitrogens with zero attached hydrogens (tertiary/aromatic N) is 3. The van der Waals surface area contributed by atoms with Crippen LogP contribution in [-0.2, 0) is 9.53 Å². The van der Waals surface area contributed by atoms with E-state index in [1.54, 1.807) is 24.1 Å². The first-order chi connectivity index (χ1) is 15.5. The van der Waals surface area contributed by atoms with Crippen molar-refractivity contribution in [3.8, 4) is 0 Å². The molecule has 0 aromatic heterocycles. The van der Waals surface area contributed by atoms with E-state index in [9.17, 15) is 19.7 Å². The summed E-state index contributed by atoms with van der Waals surface area (Å²) >= 11 is 0. The summed E-state index contributed by atoms with van der Waals surface area (Å²) in [7, 11) is 1.78. The second kappa shape index (κ2) is 10.5. The second-order valence-corrected chi connectivity index (χ2v) is 10.5. The van der Waals surface area contributed by atoms with Gasteiger partial charge in [-0.15, -0.1) is 0 Å². The number of amides is 2. The highest BCUT2D eigenvalue weighted by Crippen LogP contribution is 2.34. The SMILES string of the molecule is CN(C[C@H]1CC[C@H](C(=O)N2CCC(c3ccc([N+](=O)[O-])cc3)CC2)CC1)C(=O)OC(C)(C)C. The van der Waals surface area contributed by atoms with Crippen LogP contribution in [-0.4, -0.2) is 59.0 Å². The van der Waals surface area contributed by atoms with E-state index in [0.717, 1.165) is 57.2 Å². The van der Waals surface area contributed by atoms with E-state index in [4.69, 9.17) is 4.74 Å². The predicted octanol–water partition coefficient (Wildman–Crippen LogP) is 4.97. The van der Waals surface area contributed by atoms with Crippen molar-refractivity contribution in [1.29, 1.82) is 0 Å². The van der Waals surface area contributed by atoms with Crippen molar-refractivity contribution in [2.45, 2.75) is 70.8 Å². The predicted molar refractivity (Wildman–Crippen MR) is 126 cm³/mol. The van der Waals surface area contributed by atoms with Crippen molar-refractivity contribution in [2.75, 3.05) is 26.7 Å². The molecule has 0 radical (unpaired) electrons. The second-order valence-electron chi connectivity index (χ2n) is 10.5. The van der Waals surface area contributed by atoms with Crippen molar-refractivity contribution in [3.05, 3.63) is 39.9 Å². The van der Waals surface area contributed by atoms with Crippen LogP contribution in [0, 0.1) is 22.0 Å². The molecule has 1 aliphatic carbocycles. The zero-order valence-corrected chi connectivity index (χ0v) is 20.3. The molecule has 0 unspecified atom stereocenters. The Hall–Kier alpha value is -2.64. The van der Waals surface area contributed by atoms with Crippen molar-refractivity contribution in [2.24, 2.45) is 11.8 Å². The normalized spacial score (nSPS) is 22.0. The van der Waals surface area contributed by atoms with Crippen LogP contribution in [0.1, 0.15) is 70.8 Å². The van der Waals surface area contributed by atoms with Gasteiger partial charge in [0, 0.05) is 44.7 Å². The van der Waals surface area contributed by atoms with Gasteiger partial charge in [-0.3, -0.25) is 14.9 Å². The zero-order valence-electron chi connectivity index (χ0n) is 20.3. The van der Waals surface area contributed by atoms with Crippen LogP contribution in [0.3, 0.4) is 0 Å². The Morgan fingerprint density at radius 1 is 1.06 bits per heavy atom. The van der Waals surface area contributed by atoms with Crippen LogP contribution in [0.25, 0.3) is 0 Å². The quantitative estimate of drug-likeness (QED) is 0.458. The number of rotatable bonds is 5. The molecule has 1 heterocycles. The van der Waals surface area contributed by atoms with Crippen LogP contribution in [0.5, 0.6) is 0 Å². The summed E-state index contributed by atoms with van der Waals surface area (Å²) in [4.78, 5) is 39.4. The number of ether oxygens (including phenoxy) is 1. The fourth-order valence-corrected chi connectivity index (χ4v) is 4.95. The van der Waals surface area contributed by atoms with E-state index in [2.05, 4.69) is 0 Å². The molecule has 8 nitrogen and oxygen atoms in total. The van der Waals surface area contributed by atoms with Crippen molar-refractivity contribution in [3.63, 3.8) is 0 Å². The average Bonchev–Trinajstić information content (AvgIpc) is 2.78. The largest absolute Gasteiger partial charge is 0.444 e. The molecule has 1 saturated carbocycles. The maximum atomic E-state index is 13.1. The number of nitro groups is 1. The minimum absolute atomic E-state index is 0.0732. The molecule has 0 N–H and O–H groups in total. The van der Waals surface area contributed by atoms with Crippen LogP contribution >= 0.6 is 0 Å². The van der Waals surface area contributed by atoms with Gasteiger partial charge in [-0.05, 0) is 76.7 Å². The summed E-state index contributed by atoms with van der Waals surface area (Å²) in [5, 5.41) is 10.8. The maximum absolute atomic E-state index is 13.1. The van der Waals surface area contributed by atoms with Crippen LogP contribution in [0.2, 0.25) is 0 Å². The Labute approximate surface area is 196 Å². The minimum atomic E-state index is -0.499. The molecule has 1 aromatic rings. The Bertz CT molecular complexity index is 833. The van der Waals surface area contributed by atoms with Crippen LogP contribution in [0.15, 0.2) is 24.3 Å². The number of hydrogen-bond donors (Lipinski definition) is 0.